The topological polar surface area (TPSA) is 74.6 Å². The van der Waals surface area contributed by atoms with Crippen LogP contribution in [0.25, 0.3) is 0 Å². The number of hydrogen-bond donors (Lipinski definition) is 2. The zero-order valence-corrected chi connectivity index (χ0v) is 21.1. The van der Waals surface area contributed by atoms with Crippen LogP contribution in [0.5, 0.6) is 0 Å². The van der Waals surface area contributed by atoms with E-state index in [1.54, 1.807) is 0 Å². The van der Waals surface area contributed by atoms with E-state index in [9.17, 15) is 14.7 Å². The summed E-state index contributed by atoms with van der Waals surface area (Å²) >= 11 is 0. The molecule has 1 unspecified atom stereocenters. The van der Waals surface area contributed by atoms with Crippen molar-refractivity contribution in [2.45, 2.75) is 143 Å². The zero-order valence-electron chi connectivity index (χ0n) is 21.1. The van der Waals surface area contributed by atoms with Gasteiger partial charge in [-0.15, -0.1) is 0 Å². The third-order valence-electron chi connectivity index (χ3n) is 7.03. The Kier molecular flexibility index (Phi) is 17.9. The van der Waals surface area contributed by atoms with Crippen LogP contribution < -0.4 is 0 Å². The van der Waals surface area contributed by atoms with E-state index < -0.39 is 17.4 Å². The third kappa shape index (κ3) is 14.6. The molecule has 0 fully saturated rings. The van der Waals surface area contributed by atoms with Crippen molar-refractivity contribution in [1.82, 2.24) is 0 Å². The van der Waals surface area contributed by atoms with Gasteiger partial charge in [-0.05, 0) is 37.5 Å². The first-order valence-corrected chi connectivity index (χ1v) is 13.2. The van der Waals surface area contributed by atoms with Crippen molar-refractivity contribution < 1.29 is 19.8 Å². The van der Waals surface area contributed by atoms with Gasteiger partial charge in [0, 0.05) is 6.42 Å². The molecule has 4 nitrogen and oxygen atoms in total. The molecule has 0 radical (unpaired) electrons. The summed E-state index contributed by atoms with van der Waals surface area (Å²) < 4.78 is 0. The standard InChI is InChI=1S/C27H52O4/c1-5-7-20-27(26(30)31,21-8-6-2)22-24(23(3)4)18-16-14-12-10-9-11-13-15-17-19-25(28)29/h23-24H,5-22H2,1-4H3,(H,28,29)(H,30,31). The van der Waals surface area contributed by atoms with Gasteiger partial charge in [0.15, 0.2) is 0 Å². The fraction of sp³-hybridized carbons (Fsp3) is 0.926. The van der Waals surface area contributed by atoms with Crippen LogP contribution in [-0.2, 0) is 9.59 Å². The molecule has 0 amide bonds. The molecule has 0 aromatic carbocycles. The molecule has 184 valence electrons. The smallest absolute Gasteiger partial charge is 0.309 e. The van der Waals surface area contributed by atoms with Gasteiger partial charge in [-0.25, -0.2) is 0 Å². The lowest BCUT2D eigenvalue weighted by molar-refractivity contribution is -0.152. The molecule has 0 rings (SSSR count). The van der Waals surface area contributed by atoms with Crippen molar-refractivity contribution in [2.75, 3.05) is 0 Å². The largest absolute Gasteiger partial charge is 0.481 e. The van der Waals surface area contributed by atoms with Crippen LogP contribution in [0, 0.1) is 17.3 Å². The van der Waals surface area contributed by atoms with Crippen LogP contribution in [0.4, 0.5) is 0 Å². The highest BCUT2D eigenvalue weighted by Crippen LogP contribution is 2.41. The lowest BCUT2D eigenvalue weighted by Crippen LogP contribution is -2.35. The minimum atomic E-state index is -0.684. The van der Waals surface area contributed by atoms with E-state index in [0.29, 0.717) is 18.3 Å². The molecule has 31 heavy (non-hydrogen) atoms. The second-order valence-electron chi connectivity index (χ2n) is 10.1. The molecule has 0 heterocycles. The first kappa shape index (κ1) is 29.9. The van der Waals surface area contributed by atoms with E-state index in [1.807, 2.05) is 0 Å². The third-order valence-corrected chi connectivity index (χ3v) is 7.03. The molecule has 1 atom stereocenters. The van der Waals surface area contributed by atoms with E-state index in [-0.39, 0.29) is 0 Å². The molecular formula is C27H52O4. The van der Waals surface area contributed by atoms with Crippen molar-refractivity contribution in [3.63, 3.8) is 0 Å². The Hall–Kier alpha value is -1.06. The van der Waals surface area contributed by atoms with Crippen LogP contribution in [0.3, 0.4) is 0 Å². The molecule has 0 spiro atoms. The van der Waals surface area contributed by atoms with Gasteiger partial charge < -0.3 is 10.2 Å². The molecule has 0 saturated carbocycles. The van der Waals surface area contributed by atoms with Crippen molar-refractivity contribution in [2.24, 2.45) is 17.3 Å². The monoisotopic (exact) mass is 440 g/mol. The molecule has 0 aliphatic rings. The molecule has 0 saturated heterocycles. The summed E-state index contributed by atoms with van der Waals surface area (Å²) in [4.78, 5) is 22.8. The Morgan fingerprint density at radius 2 is 1.16 bits per heavy atom. The van der Waals surface area contributed by atoms with Gasteiger partial charge in [0.1, 0.15) is 0 Å². The van der Waals surface area contributed by atoms with Gasteiger partial charge in [0.05, 0.1) is 5.41 Å². The SMILES string of the molecule is CCCCC(CCCC)(CC(CCCCCCCCCCCC(=O)O)C(C)C)C(=O)O. The fourth-order valence-corrected chi connectivity index (χ4v) is 4.75. The summed E-state index contributed by atoms with van der Waals surface area (Å²) in [6.45, 7) is 8.84. The highest BCUT2D eigenvalue weighted by atomic mass is 16.4. The van der Waals surface area contributed by atoms with Crippen LogP contribution in [-0.4, -0.2) is 22.2 Å². The van der Waals surface area contributed by atoms with Crippen LogP contribution >= 0.6 is 0 Å². The maximum atomic E-state index is 12.3. The molecule has 0 aromatic rings. The molecule has 2 N–H and O–H groups in total. The minimum Gasteiger partial charge on any atom is -0.481 e. The number of carboxylic acids is 2. The lowest BCUT2D eigenvalue weighted by Gasteiger charge is -2.35. The summed E-state index contributed by atoms with van der Waals surface area (Å²) in [5, 5.41) is 18.8. The average Bonchev–Trinajstić information content (AvgIpc) is 2.72. The molecule has 0 aromatic heterocycles. The number of hydrogen-bond acceptors (Lipinski definition) is 2. The van der Waals surface area contributed by atoms with E-state index in [0.717, 1.165) is 70.6 Å². The number of carboxylic acid groups (broad SMARTS) is 2. The Bertz CT molecular complexity index is 450. The van der Waals surface area contributed by atoms with E-state index in [4.69, 9.17) is 5.11 Å². The van der Waals surface area contributed by atoms with E-state index >= 15 is 0 Å². The number of carbonyl (C=O) groups is 2. The highest BCUT2D eigenvalue weighted by molar-refractivity contribution is 5.74. The zero-order chi connectivity index (χ0) is 23.5. The van der Waals surface area contributed by atoms with E-state index in [1.165, 1.54) is 38.5 Å². The first-order valence-electron chi connectivity index (χ1n) is 13.2. The predicted octanol–water partition coefficient (Wildman–Crippen LogP) is 8.48. The quantitative estimate of drug-likeness (QED) is 0.165. The van der Waals surface area contributed by atoms with Gasteiger partial charge in [-0.1, -0.05) is 111 Å². The van der Waals surface area contributed by atoms with Crippen LogP contribution in [0.2, 0.25) is 0 Å². The molecule has 0 aliphatic heterocycles. The average molecular weight is 441 g/mol. The first-order chi connectivity index (χ1) is 14.8. The minimum absolute atomic E-state index is 0.303. The number of rotatable bonds is 22. The second kappa shape index (κ2) is 18.5. The Balaban J connectivity index is 4.33. The number of aliphatic carboxylic acids is 2. The van der Waals surface area contributed by atoms with Gasteiger partial charge >= 0.3 is 11.9 Å². The Morgan fingerprint density at radius 1 is 0.710 bits per heavy atom. The van der Waals surface area contributed by atoms with Crippen molar-refractivity contribution in [1.29, 1.82) is 0 Å². The van der Waals surface area contributed by atoms with Crippen molar-refractivity contribution >= 4 is 11.9 Å². The van der Waals surface area contributed by atoms with Gasteiger partial charge in [-0.3, -0.25) is 9.59 Å². The summed E-state index contributed by atoms with van der Waals surface area (Å²) in [5.41, 5.74) is -0.526. The maximum Gasteiger partial charge on any atom is 0.309 e. The summed E-state index contributed by atoms with van der Waals surface area (Å²) in [6.07, 6.45) is 18.5. The Morgan fingerprint density at radius 3 is 1.55 bits per heavy atom. The Labute approximate surface area is 192 Å². The van der Waals surface area contributed by atoms with Gasteiger partial charge in [-0.2, -0.15) is 0 Å². The summed E-state index contributed by atoms with van der Waals surface area (Å²) in [6, 6.07) is 0. The van der Waals surface area contributed by atoms with E-state index in [2.05, 4.69) is 27.7 Å². The second-order valence-corrected chi connectivity index (χ2v) is 10.1. The molecule has 0 aliphatic carbocycles. The van der Waals surface area contributed by atoms with Gasteiger partial charge in [0.25, 0.3) is 0 Å². The maximum absolute atomic E-state index is 12.3. The molecular weight excluding hydrogens is 388 g/mol. The summed E-state index contributed by atoms with van der Waals surface area (Å²) in [5.74, 6) is -0.216. The highest BCUT2D eigenvalue weighted by Gasteiger charge is 2.39. The van der Waals surface area contributed by atoms with Crippen molar-refractivity contribution in [3.8, 4) is 0 Å². The molecule has 4 heteroatoms. The predicted molar refractivity (Wildman–Crippen MR) is 130 cm³/mol. The van der Waals surface area contributed by atoms with Crippen LogP contribution in [0.15, 0.2) is 0 Å². The lowest BCUT2D eigenvalue weighted by atomic mass is 9.69. The normalized spacial score (nSPS) is 12.9. The fourth-order valence-electron chi connectivity index (χ4n) is 4.75. The van der Waals surface area contributed by atoms with Gasteiger partial charge in [0.2, 0.25) is 0 Å². The number of unbranched alkanes of at least 4 members (excludes halogenated alkanes) is 10. The molecule has 0 bridgehead atoms. The van der Waals surface area contributed by atoms with Crippen molar-refractivity contribution in [3.05, 3.63) is 0 Å². The van der Waals surface area contributed by atoms with Crippen LogP contribution in [0.1, 0.15) is 143 Å². The summed E-state index contributed by atoms with van der Waals surface area (Å²) in [7, 11) is 0.